The number of carbonyl (C=O) groups is 2. The fourth-order valence-corrected chi connectivity index (χ4v) is 3.53. The minimum Gasteiger partial charge on any atom is -0.483 e. The largest absolute Gasteiger partial charge is 0.483 e. The van der Waals surface area contributed by atoms with Gasteiger partial charge in [-0.15, -0.1) is 0 Å². The number of rotatable bonds is 4. The van der Waals surface area contributed by atoms with Crippen molar-refractivity contribution >= 4 is 12.4 Å². The standard InChI is InChI=1S/C15H25NO2.CH2O2/c1-10(18-15(4)5-6-15)7-13(17)16-8-11-12(9-16)14(11,2)3;2-1-3/h10-12H,5-9H2,1-4H3;1H,(H,2,3)/t10-,11?,12?;/m1./s1. The van der Waals surface area contributed by atoms with E-state index in [1.165, 1.54) is 0 Å². The zero-order valence-corrected chi connectivity index (χ0v) is 13.5. The first-order valence-corrected chi connectivity index (χ1v) is 7.77. The third kappa shape index (κ3) is 3.57. The van der Waals surface area contributed by atoms with Crippen LogP contribution in [0.4, 0.5) is 0 Å². The van der Waals surface area contributed by atoms with Crippen molar-refractivity contribution in [1.82, 2.24) is 4.90 Å². The summed E-state index contributed by atoms with van der Waals surface area (Å²) in [4.78, 5) is 22.6. The maximum Gasteiger partial charge on any atom is 0.290 e. The van der Waals surface area contributed by atoms with E-state index in [1.807, 2.05) is 6.92 Å². The molecule has 1 N–H and O–H groups in total. The van der Waals surface area contributed by atoms with Gasteiger partial charge in [0.25, 0.3) is 6.47 Å². The average molecular weight is 297 g/mol. The van der Waals surface area contributed by atoms with Gasteiger partial charge in [0.2, 0.25) is 5.91 Å². The Morgan fingerprint density at radius 3 is 2.24 bits per heavy atom. The van der Waals surface area contributed by atoms with E-state index in [1.54, 1.807) is 0 Å². The van der Waals surface area contributed by atoms with Crippen LogP contribution in [0.2, 0.25) is 0 Å². The lowest BCUT2D eigenvalue weighted by Crippen LogP contribution is -2.35. The van der Waals surface area contributed by atoms with Crippen molar-refractivity contribution in [2.45, 2.75) is 58.7 Å². The predicted molar refractivity (Wildman–Crippen MR) is 78.8 cm³/mol. The molecule has 1 saturated heterocycles. The molecule has 0 bridgehead atoms. The van der Waals surface area contributed by atoms with Crippen LogP contribution in [0.3, 0.4) is 0 Å². The van der Waals surface area contributed by atoms with Crippen molar-refractivity contribution in [3.8, 4) is 0 Å². The second-order valence-electron chi connectivity index (χ2n) is 7.52. The zero-order valence-electron chi connectivity index (χ0n) is 13.5. The minimum absolute atomic E-state index is 0.0648. The van der Waals surface area contributed by atoms with Gasteiger partial charge in [0.05, 0.1) is 18.1 Å². The summed E-state index contributed by atoms with van der Waals surface area (Å²) in [6.45, 7) is 10.5. The number of likely N-dealkylation sites (tertiary alicyclic amines) is 1. The molecule has 2 aliphatic carbocycles. The topological polar surface area (TPSA) is 66.8 Å². The molecule has 3 aliphatic rings. The number of ether oxygens (including phenoxy) is 1. The van der Waals surface area contributed by atoms with E-state index in [0.29, 0.717) is 11.8 Å². The Bertz CT molecular complexity index is 403. The van der Waals surface area contributed by atoms with Crippen LogP contribution >= 0.6 is 0 Å². The van der Waals surface area contributed by atoms with Gasteiger partial charge in [-0.25, -0.2) is 0 Å². The Morgan fingerprint density at radius 1 is 1.33 bits per heavy atom. The molecule has 5 heteroatoms. The molecular weight excluding hydrogens is 270 g/mol. The van der Waals surface area contributed by atoms with Gasteiger partial charge in [-0.1, -0.05) is 13.8 Å². The second kappa shape index (κ2) is 5.59. The summed E-state index contributed by atoms with van der Waals surface area (Å²) in [6.07, 6.45) is 2.91. The molecule has 21 heavy (non-hydrogen) atoms. The Hall–Kier alpha value is -1.10. The van der Waals surface area contributed by atoms with Gasteiger partial charge in [0, 0.05) is 13.1 Å². The van der Waals surface area contributed by atoms with E-state index in [-0.39, 0.29) is 24.1 Å². The molecule has 1 aliphatic heterocycles. The first-order valence-electron chi connectivity index (χ1n) is 7.77. The first-order chi connectivity index (χ1) is 9.73. The quantitative estimate of drug-likeness (QED) is 0.807. The third-order valence-corrected chi connectivity index (χ3v) is 5.38. The lowest BCUT2D eigenvalue weighted by Gasteiger charge is -2.25. The summed E-state index contributed by atoms with van der Waals surface area (Å²) in [5.41, 5.74) is 0.565. The summed E-state index contributed by atoms with van der Waals surface area (Å²) in [7, 11) is 0. The van der Waals surface area contributed by atoms with Crippen molar-refractivity contribution in [2.75, 3.05) is 13.1 Å². The summed E-state index contributed by atoms with van der Waals surface area (Å²) >= 11 is 0. The number of fused-ring (bicyclic) bond motifs is 1. The molecule has 3 atom stereocenters. The molecule has 0 aromatic carbocycles. The van der Waals surface area contributed by atoms with E-state index < -0.39 is 0 Å². The maximum atomic E-state index is 12.2. The summed E-state index contributed by atoms with van der Waals surface area (Å²) < 4.78 is 5.91. The highest BCUT2D eigenvalue weighted by atomic mass is 16.5. The Kier molecular flexibility index (Phi) is 4.34. The molecule has 0 aromatic heterocycles. The molecule has 0 aromatic rings. The molecule has 1 amide bonds. The molecule has 0 spiro atoms. The molecule has 2 unspecified atom stereocenters. The number of hydrogen-bond acceptors (Lipinski definition) is 3. The van der Waals surface area contributed by atoms with Crippen molar-refractivity contribution in [3.63, 3.8) is 0 Å². The van der Waals surface area contributed by atoms with Gasteiger partial charge in [-0.3, -0.25) is 9.59 Å². The Balaban J connectivity index is 0.000000497. The van der Waals surface area contributed by atoms with Crippen LogP contribution < -0.4 is 0 Å². The van der Waals surface area contributed by atoms with Gasteiger partial charge in [-0.05, 0) is 43.9 Å². The molecule has 0 radical (unpaired) electrons. The molecule has 1 heterocycles. The van der Waals surface area contributed by atoms with Crippen molar-refractivity contribution in [2.24, 2.45) is 17.3 Å². The van der Waals surface area contributed by atoms with Gasteiger partial charge in [0.1, 0.15) is 0 Å². The van der Waals surface area contributed by atoms with E-state index in [4.69, 9.17) is 14.6 Å². The van der Waals surface area contributed by atoms with Crippen molar-refractivity contribution < 1.29 is 19.4 Å². The SMILES string of the molecule is C[C@H](CC(=O)N1CC2C(C1)C2(C)C)OC1(C)CC1.O=CO. The third-order valence-electron chi connectivity index (χ3n) is 5.38. The van der Waals surface area contributed by atoms with Crippen LogP contribution in [-0.4, -0.2) is 47.2 Å². The molecule has 2 saturated carbocycles. The van der Waals surface area contributed by atoms with Crippen molar-refractivity contribution in [3.05, 3.63) is 0 Å². The maximum absolute atomic E-state index is 12.2. The lowest BCUT2D eigenvalue weighted by atomic mass is 10.1. The van der Waals surface area contributed by atoms with Crippen LogP contribution in [-0.2, 0) is 14.3 Å². The molecule has 5 nitrogen and oxygen atoms in total. The van der Waals surface area contributed by atoms with Crippen LogP contribution in [0, 0.1) is 17.3 Å². The van der Waals surface area contributed by atoms with Gasteiger partial charge >= 0.3 is 0 Å². The van der Waals surface area contributed by atoms with Crippen LogP contribution in [0.1, 0.15) is 47.0 Å². The fraction of sp³-hybridized carbons (Fsp3) is 0.875. The van der Waals surface area contributed by atoms with Crippen LogP contribution in [0.5, 0.6) is 0 Å². The lowest BCUT2D eigenvalue weighted by molar-refractivity contribution is -0.135. The smallest absolute Gasteiger partial charge is 0.290 e. The van der Waals surface area contributed by atoms with Gasteiger partial charge in [0.15, 0.2) is 0 Å². The Morgan fingerprint density at radius 2 is 1.81 bits per heavy atom. The van der Waals surface area contributed by atoms with E-state index in [2.05, 4.69) is 25.7 Å². The highest BCUT2D eigenvalue weighted by Gasteiger charge is 2.62. The predicted octanol–water partition coefficient (Wildman–Crippen LogP) is 2.15. The number of carbonyl (C=O) groups excluding carboxylic acids is 1. The van der Waals surface area contributed by atoms with Crippen LogP contribution in [0.15, 0.2) is 0 Å². The number of nitrogens with zero attached hydrogens (tertiary/aromatic N) is 1. The molecule has 3 rings (SSSR count). The van der Waals surface area contributed by atoms with Gasteiger partial charge in [-0.2, -0.15) is 0 Å². The molecule has 3 fully saturated rings. The summed E-state index contributed by atoms with van der Waals surface area (Å²) in [6, 6.07) is 0. The highest BCUT2D eigenvalue weighted by molar-refractivity contribution is 5.77. The normalized spacial score (nSPS) is 31.5. The first kappa shape index (κ1) is 16.3. The fourth-order valence-electron chi connectivity index (χ4n) is 3.53. The van der Waals surface area contributed by atoms with Crippen LogP contribution in [0.25, 0.3) is 0 Å². The number of carboxylic acid groups (broad SMARTS) is 1. The number of piperidine rings is 1. The van der Waals surface area contributed by atoms with Crippen molar-refractivity contribution in [1.29, 1.82) is 0 Å². The number of hydrogen-bond donors (Lipinski definition) is 1. The summed E-state index contributed by atoms with van der Waals surface area (Å²) in [5, 5.41) is 6.89. The van der Waals surface area contributed by atoms with E-state index in [9.17, 15) is 4.79 Å². The van der Waals surface area contributed by atoms with Gasteiger partial charge < -0.3 is 14.7 Å². The second-order valence-corrected chi connectivity index (χ2v) is 7.52. The van der Waals surface area contributed by atoms with E-state index >= 15 is 0 Å². The monoisotopic (exact) mass is 297 g/mol. The van der Waals surface area contributed by atoms with E-state index in [0.717, 1.165) is 37.8 Å². The Labute approximate surface area is 126 Å². The summed E-state index contributed by atoms with van der Waals surface area (Å²) in [5.74, 6) is 1.78. The average Bonchev–Trinajstić information content (AvgIpc) is 3.10. The minimum atomic E-state index is -0.250. The number of amides is 1. The highest BCUT2D eigenvalue weighted by Crippen LogP contribution is 2.62. The zero-order chi connectivity index (χ0) is 15.8. The molecular formula is C16H27NO4. The molecule has 120 valence electrons.